The van der Waals surface area contributed by atoms with Gasteiger partial charge in [0.25, 0.3) is 0 Å². The molecule has 0 unspecified atom stereocenters. The van der Waals surface area contributed by atoms with Gasteiger partial charge in [-0.05, 0) is 25.0 Å². The van der Waals surface area contributed by atoms with Crippen LogP contribution in [0.15, 0.2) is 24.4 Å². The average molecular weight is 393 g/mol. The second-order valence-corrected chi connectivity index (χ2v) is 6.94. The van der Waals surface area contributed by atoms with Gasteiger partial charge in [-0.25, -0.2) is 9.59 Å². The van der Waals surface area contributed by atoms with Crippen molar-refractivity contribution < 1.29 is 19.1 Å². The Labute approximate surface area is 164 Å². The molecule has 1 aromatic carbocycles. The van der Waals surface area contributed by atoms with Crippen molar-refractivity contribution in [3.8, 4) is 0 Å². The van der Waals surface area contributed by atoms with E-state index in [9.17, 15) is 14.4 Å². The van der Waals surface area contributed by atoms with Crippen LogP contribution in [0.2, 0.25) is 0 Å². The van der Waals surface area contributed by atoms with Crippen molar-refractivity contribution in [2.45, 2.75) is 32.1 Å². The van der Waals surface area contributed by atoms with Gasteiger partial charge in [0.15, 0.2) is 5.78 Å². The van der Waals surface area contributed by atoms with Crippen molar-refractivity contribution in [2.24, 2.45) is 0 Å². The number of nitrogens with zero attached hydrogens (tertiary/aromatic N) is 2. The zero-order chi connectivity index (χ0) is 20.0. The minimum Gasteiger partial charge on any atom is -0.465 e. The molecule has 146 valence electrons. The number of hydrogen-bond acceptors (Lipinski definition) is 4. The molecule has 1 amide bonds. The highest BCUT2D eigenvalue weighted by molar-refractivity contribution is 6.18. The van der Waals surface area contributed by atoms with Crippen molar-refractivity contribution in [2.75, 3.05) is 27.1 Å². The van der Waals surface area contributed by atoms with Crippen molar-refractivity contribution in [3.63, 3.8) is 0 Å². The fourth-order valence-electron chi connectivity index (χ4n) is 3.02. The topological polar surface area (TPSA) is 68.6 Å². The molecule has 0 bridgehead atoms. The Morgan fingerprint density at radius 2 is 1.78 bits per heavy atom. The third-order valence-electron chi connectivity index (χ3n) is 4.41. The molecule has 0 fully saturated rings. The van der Waals surface area contributed by atoms with Crippen molar-refractivity contribution in [1.82, 2.24) is 9.47 Å². The third kappa shape index (κ3) is 4.69. The summed E-state index contributed by atoms with van der Waals surface area (Å²) in [4.78, 5) is 39.0. The van der Waals surface area contributed by atoms with Gasteiger partial charge in [-0.3, -0.25) is 9.36 Å². The number of hydrogen-bond donors (Lipinski definition) is 0. The van der Waals surface area contributed by atoms with Crippen LogP contribution in [0.4, 0.5) is 4.79 Å². The standard InChI is InChI=1S/C20H25ClN2O4/c1-22(2)20(26)23-13-15(17(24)11-6-4-5-7-12-21)18-14(19(25)27-3)9-8-10-16(18)23/h8-10,13H,4-7,11-12H2,1-3H3. The van der Waals surface area contributed by atoms with Gasteiger partial charge in [0, 0.05) is 43.5 Å². The summed E-state index contributed by atoms with van der Waals surface area (Å²) in [6.07, 6.45) is 5.44. The zero-order valence-corrected chi connectivity index (χ0v) is 16.7. The SMILES string of the molecule is COC(=O)c1cccc2c1c(C(=O)CCCCCCCl)cn2C(=O)N(C)C. The van der Waals surface area contributed by atoms with E-state index in [1.807, 2.05) is 0 Å². The molecule has 27 heavy (non-hydrogen) atoms. The monoisotopic (exact) mass is 392 g/mol. The quantitative estimate of drug-likeness (QED) is 0.290. The molecule has 0 spiro atoms. The number of fused-ring (bicyclic) bond motifs is 1. The fraction of sp³-hybridized carbons (Fsp3) is 0.450. The van der Waals surface area contributed by atoms with Gasteiger partial charge in [0.1, 0.15) is 0 Å². The maximum absolute atomic E-state index is 12.8. The number of Topliss-reactive ketones (excluding diaryl/α,β-unsaturated/α-hetero) is 1. The van der Waals surface area contributed by atoms with Gasteiger partial charge in [-0.2, -0.15) is 0 Å². The number of esters is 1. The second kappa shape index (κ2) is 9.55. The number of carbonyl (C=O) groups is 3. The highest BCUT2D eigenvalue weighted by Crippen LogP contribution is 2.28. The Bertz CT molecular complexity index is 842. The van der Waals surface area contributed by atoms with Gasteiger partial charge in [-0.15, -0.1) is 11.6 Å². The van der Waals surface area contributed by atoms with Crippen LogP contribution in [0.1, 0.15) is 52.8 Å². The lowest BCUT2D eigenvalue weighted by atomic mass is 10.0. The van der Waals surface area contributed by atoms with Crippen LogP contribution in [0.5, 0.6) is 0 Å². The first-order chi connectivity index (χ1) is 12.9. The van der Waals surface area contributed by atoms with E-state index >= 15 is 0 Å². The molecule has 0 saturated heterocycles. The van der Waals surface area contributed by atoms with Crippen molar-refractivity contribution >= 4 is 40.3 Å². The number of ether oxygens (including phenoxy) is 1. The number of alkyl halides is 1. The molecule has 2 rings (SSSR count). The molecule has 1 aromatic heterocycles. The first-order valence-electron chi connectivity index (χ1n) is 8.95. The first kappa shape index (κ1) is 21.0. The molecular formula is C20H25ClN2O4. The highest BCUT2D eigenvalue weighted by Gasteiger charge is 2.23. The summed E-state index contributed by atoms with van der Waals surface area (Å²) < 4.78 is 6.26. The predicted molar refractivity (Wildman–Crippen MR) is 106 cm³/mol. The van der Waals surface area contributed by atoms with E-state index in [2.05, 4.69) is 0 Å². The first-order valence-corrected chi connectivity index (χ1v) is 9.49. The highest BCUT2D eigenvalue weighted by atomic mass is 35.5. The van der Waals surface area contributed by atoms with E-state index in [0.717, 1.165) is 25.7 Å². The summed E-state index contributed by atoms with van der Waals surface area (Å²) in [7, 11) is 4.56. The lowest BCUT2D eigenvalue weighted by molar-refractivity contribution is 0.0603. The maximum Gasteiger partial charge on any atom is 0.338 e. The summed E-state index contributed by atoms with van der Waals surface area (Å²) in [5.74, 6) is -0.00401. The van der Waals surface area contributed by atoms with E-state index in [4.69, 9.17) is 16.3 Å². The average Bonchev–Trinajstić information content (AvgIpc) is 3.06. The van der Waals surface area contributed by atoms with Gasteiger partial charge in [0.05, 0.1) is 18.2 Å². The number of ketones is 1. The molecule has 0 aliphatic rings. The summed E-state index contributed by atoms with van der Waals surface area (Å²) in [5, 5.41) is 0.463. The molecule has 0 atom stereocenters. The molecule has 7 heteroatoms. The number of carbonyl (C=O) groups excluding carboxylic acids is 3. The Hall–Kier alpha value is -2.34. The predicted octanol–water partition coefficient (Wildman–Crippen LogP) is 4.33. The van der Waals surface area contributed by atoms with E-state index in [0.29, 0.717) is 28.8 Å². The zero-order valence-electron chi connectivity index (χ0n) is 16.0. The van der Waals surface area contributed by atoms with Crippen molar-refractivity contribution in [1.29, 1.82) is 0 Å². The van der Waals surface area contributed by atoms with Crippen LogP contribution in [-0.2, 0) is 4.74 Å². The Kier molecular flexibility index (Phi) is 7.42. The number of methoxy groups -OCH3 is 1. The molecule has 6 nitrogen and oxygen atoms in total. The summed E-state index contributed by atoms with van der Waals surface area (Å²) in [6.45, 7) is 0. The number of benzene rings is 1. The van der Waals surface area contributed by atoms with Gasteiger partial charge in [0.2, 0.25) is 0 Å². The normalized spacial score (nSPS) is 10.8. The molecular weight excluding hydrogens is 368 g/mol. The number of amides is 1. The number of unbranched alkanes of at least 4 members (excludes halogenated alkanes) is 3. The van der Waals surface area contributed by atoms with Gasteiger partial charge in [-0.1, -0.05) is 18.9 Å². The molecule has 0 saturated carbocycles. The molecule has 0 aliphatic carbocycles. The summed E-state index contributed by atoms with van der Waals surface area (Å²) in [5.41, 5.74) is 1.17. The van der Waals surface area contributed by atoms with Crippen LogP contribution >= 0.6 is 11.6 Å². The number of rotatable bonds is 8. The van der Waals surface area contributed by atoms with Crippen LogP contribution < -0.4 is 0 Å². The summed E-state index contributed by atoms with van der Waals surface area (Å²) in [6, 6.07) is 4.72. The van der Waals surface area contributed by atoms with Crippen LogP contribution in [-0.4, -0.2) is 54.3 Å². The smallest absolute Gasteiger partial charge is 0.338 e. The largest absolute Gasteiger partial charge is 0.465 e. The maximum atomic E-state index is 12.8. The second-order valence-electron chi connectivity index (χ2n) is 6.56. The van der Waals surface area contributed by atoms with Crippen LogP contribution in [0, 0.1) is 0 Å². The lowest BCUT2D eigenvalue weighted by Gasteiger charge is -2.11. The minimum atomic E-state index is -0.535. The number of halogens is 1. The van der Waals surface area contributed by atoms with E-state index in [1.165, 1.54) is 22.8 Å². The van der Waals surface area contributed by atoms with Gasteiger partial charge >= 0.3 is 12.0 Å². The Balaban J connectivity index is 2.45. The fourth-order valence-corrected chi connectivity index (χ4v) is 3.21. The molecule has 0 N–H and O–H groups in total. The van der Waals surface area contributed by atoms with Crippen LogP contribution in [0.25, 0.3) is 10.9 Å². The molecule has 0 radical (unpaired) electrons. The Morgan fingerprint density at radius 1 is 1.07 bits per heavy atom. The Morgan fingerprint density at radius 3 is 2.41 bits per heavy atom. The third-order valence-corrected chi connectivity index (χ3v) is 4.68. The minimum absolute atomic E-state index is 0.0902. The van der Waals surface area contributed by atoms with E-state index < -0.39 is 5.97 Å². The van der Waals surface area contributed by atoms with E-state index in [-0.39, 0.29) is 17.4 Å². The molecule has 2 aromatic rings. The lowest BCUT2D eigenvalue weighted by Crippen LogP contribution is -2.26. The number of aromatic nitrogens is 1. The van der Waals surface area contributed by atoms with Crippen molar-refractivity contribution in [3.05, 3.63) is 35.5 Å². The van der Waals surface area contributed by atoms with E-state index in [1.54, 1.807) is 32.3 Å². The summed E-state index contributed by atoms with van der Waals surface area (Å²) >= 11 is 5.67. The molecule has 0 aliphatic heterocycles. The van der Waals surface area contributed by atoms with Crippen LogP contribution in [0.3, 0.4) is 0 Å². The van der Waals surface area contributed by atoms with Gasteiger partial charge < -0.3 is 9.64 Å². The molecule has 1 heterocycles.